The average Bonchev–Trinajstić information content (AvgIpc) is 2.44. The molecule has 0 fully saturated rings. The maximum Gasteiger partial charge on any atom is 0.327 e. The van der Waals surface area contributed by atoms with Crippen molar-refractivity contribution in [2.24, 2.45) is 0 Å². The van der Waals surface area contributed by atoms with Crippen LogP contribution in [-0.4, -0.2) is 23.0 Å². The summed E-state index contributed by atoms with van der Waals surface area (Å²) in [5.74, 6) is -1.25. The first kappa shape index (κ1) is 15.2. The number of carboxylic acid groups (broad SMARTS) is 1. The van der Waals surface area contributed by atoms with Gasteiger partial charge in [0.05, 0.1) is 0 Å². The third kappa shape index (κ3) is 3.34. The van der Waals surface area contributed by atoms with E-state index in [9.17, 15) is 14.7 Å². The van der Waals surface area contributed by atoms with E-state index in [1.54, 1.807) is 6.92 Å². The molecular formula is C15H21NO3. The lowest BCUT2D eigenvalue weighted by Crippen LogP contribution is -2.53. The Morgan fingerprint density at radius 2 is 1.84 bits per heavy atom. The summed E-state index contributed by atoms with van der Waals surface area (Å²) < 4.78 is 0. The lowest BCUT2D eigenvalue weighted by molar-refractivity contribution is -0.144. The Morgan fingerprint density at radius 1 is 1.26 bits per heavy atom. The third-order valence-electron chi connectivity index (χ3n) is 3.68. The molecule has 1 aromatic carbocycles. The van der Waals surface area contributed by atoms with Crippen LogP contribution in [0, 0.1) is 0 Å². The van der Waals surface area contributed by atoms with E-state index in [1.807, 2.05) is 44.2 Å². The maximum absolute atomic E-state index is 11.5. The molecule has 19 heavy (non-hydrogen) atoms. The largest absolute Gasteiger partial charge is 0.480 e. The number of hydrogen-bond acceptors (Lipinski definition) is 2. The van der Waals surface area contributed by atoms with Crippen LogP contribution in [0.2, 0.25) is 0 Å². The minimum atomic E-state index is -1.00. The van der Waals surface area contributed by atoms with Crippen LogP contribution in [0.5, 0.6) is 0 Å². The SMILES string of the molecule is CCC(=O)NC(C(=O)O)C(C)(CC)c1ccccc1. The number of benzene rings is 1. The summed E-state index contributed by atoms with van der Waals surface area (Å²) in [7, 11) is 0. The van der Waals surface area contributed by atoms with Crippen molar-refractivity contribution in [3.8, 4) is 0 Å². The van der Waals surface area contributed by atoms with Crippen molar-refractivity contribution in [1.82, 2.24) is 5.32 Å². The van der Waals surface area contributed by atoms with Crippen LogP contribution < -0.4 is 5.32 Å². The van der Waals surface area contributed by atoms with E-state index < -0.39 is 17.4 Å². The van der Waals surface area contributed by atoms with Gasteiger partial charge in [-0.2, -0.15) is 0 Å². The normalized spacial score (nSPS) is 15.3. The van der Waals surface area contributed by atoms with Crippen LogP contribution in [-0.2, 0) is 15.0 Å². The number of carbonyl (C=O) groups excluding carboxylic acids is 1. The van der Waals surface area contributed by atoms with Crippen LogP contribution in [0.3, 0.4) is 0 Å². The van der Waals surface area contributed by atoms with Gasteiger partial charge in [0.15, 0.2) is 0 Å². The number of hydrogen-bond donors (Lipinski definition) is 2. The van der Waals surface area contributed by atoms with Gasteiger partial charge >= 0.3 is 5.97 Å². The molecule has 4 heteroatoms. The van der Waals surface area contributed by atoms with Crippen molar-refractivity contribution >= 4 is 11.9 Å². The average molecular weight is 263 g/mol. The quantitative estimate of drug-likeness (QED) is 0.827. The standard InChI is InChI=1S/C15H21NO3/c1-4-12(17)16-13(14(18)19)15(3,5-2)11-9-7-6-8-10-11/h6-10,13H,4-5H2,1-3H3,(H,16,17)(H,18,19). The van der Waals surface area contributed by atoms with Gasteiger partial charge in [-0.1, -0.05) is 51.1 Å². The molecule has 104 valence electrons. The zero-order valence-corrected chi connectivity index (χ0v) is 11.6. The Labute approximate surface area is 113 Å². The molecule has 0 saturated carbocycles. The second kappa shape index (κ2) is 6.36. The molecule has 2 unspecified atom stereocenters. The van der Waals surface area contributed by atoms with E-state index >= 15 is 0 Å². The zero-order valence-electron chi connectivity index (χ0n) is 11.6. The summed E-state index contributed by atoms with van der Waals surface area (Å²) in [6, 6.07) is 8.52. The number of carbonyl (C=O) groups is 2. The summed E-state index contributed by atoms with van der Waals surface area (Å²) in [5, 5.41) is 12.0. The molecular weight excluding hydrogens is 242 g/mol. The van der Waals surface area contributed by atoms with Crippen molar-refractivity contribution in [1.29, 1.82) is 0 Å². The lowest BCUT2D eigenvalue weighted by atomic mass is 9.73. The van der Waals surface area contributed by atoms with Gasteiger partial charge in [-0.05, 0) is 12.0 Å². The van der Waals surface area contributed by atoms with Gasteiger partial charge in [-0.3, -0.25) is 4.79 Å². The highest BCUT2D eigenvalue weighted by molar-refractivity contribution is 5.84. The summed E-state index contributed by atoms with van der Waals surface area (Å²) in [4.78, 5) is 23.1. The Kier molecular flexibility index (Phi) is 5.10. The Hall–Kier alpha value is -1.84. The molecule has 2 atom stereocenters. The molecule has 4 nitrogen and oxygen atoms in total. The Balaban J connectivity index is 3.15. The smallest absolute Gasteiger partial charge is 0.327 e. The molecule has 1 amide bonds. The van der Waals surface area contributed by atoms with E-state index in [2.05, 4.69) is 5.32 Å². The molecule has 0 aliphatic heterocycles. The van der Waals surface area contributed by atoms with Gasteiger partial charge in [0, 0.05) is 11.8 Å². The fourth-order valence-corrected chi connectivity index (χ4v) is 2.15. The first-order chi connectivity index (χ1) is 8.95. The number of aliphatic carboxylic acids is 1. The lowest BCUT2D eigenvalue weighted by Gasteiger charge is -2.35. The van der Waals surface area contributed by atoms with Crippen molar-refractivity contribution in [2.75, 3.05) is 0 Å². The van der Waals surface area contributed by atoms with Crippen molar-refractivity contribution < 1.29 is 14.7 Å². The van der Waals surface area contributed by atoms with Crippen molar-refractivity contribution in [3.63, 3.8) is 0 Å². The van der Waals surface area contributed by atoms with Gasteiger partial charge in [0.25, 0.3) is 0 Å². The monoisotopic (exact) mass is 263 g/mol. The second-order valence-electron chi connectivity index (χ2n) is 4.83. The highest BCUT2D eigenvalue weighted by atomic mass is 16.4. The predicted octanol–water partition coefficient (Wildman–Crippen LogP) is 2.33. The number of nitrogens with one attached hydrogen (secondary N) is 1. The van der Waals surface area contributed by atoms with Crippen LogP contribution in [0.15, 0.2) is 30.3 Å². The molecule has 0 saturated heterocycles. The molecule has 2 N–H and O–H groups in total. The number of carboxylic acids is 1. The van der Waals surface area contributed by atoms with E-state index in [0.29, 0.717) is 6.42 Å². The van der Waals surface area contributed by atoms with E-state index in [-0.39, 0.29) is 12.3 Å². The van der Waals surface area contributed by atoms with Crippen LogP contribution in [0.1, 0.15) is 39.2 Å². The van der Waals surface area contributed by atoms with Gasteiger partial charge in [0.2, 0.25) is 5.91 Å². The molecule has 1 aromatic rings. The number of rotatable bonds is 6. The van der Waals surface area contributed by atoms with Crippen LogP contribution >= 0.6 is 0 Å². The molecule has 0 spiro atoms. The van der Waals surface area contributed by atoms with Gasteiger partial charge in [-0.15, -0.1) is 0 Å². The summed E-state index contributed by atoms with van der Waals surface area (Å²) in [6.45, 7) is 5.51. The summed E-state index contributed by atoms with van der Waals surface area (Å²) in [5.41, 5.74) is 0.291. The van der Waals surface area contributed by atoms with E-state index in [1.165, 1.54) is 0 Å². The summed E-state index contributed by atoms with van der Waals surface area (Å²) >= 11 is 0. The van der Waals surface area contributed by atoms with Crippen molar-refractivity contribution in [2.45, 2.75) is 45.1 Å². The molecule has 0 aliphatic carbocycles. The molecule has 0 aromatic heterocycles. The molecule has 0 bridgehead atoms. The number of amides is 1. The maximum atomic E-state index is 11.5. The Bertz CT molecular complexity index is 444. The highest BCUT2D eigenvalue weighted by Crippen LogP contribution is 2.31. The minimum Gasteiger partial charge on any atom is -0.480 e. The topological polar surface area (TPSA) is 66.4 Å². The zero-order chi connectivity index (χ0) is 14.5. The molecule has 0 heterocycles. The Morgan fingerprint density at radius 3 is 2.26 bits per heavy atom. The minimum absolute atomic E-state index is 0.247. The van der Waals surface area contributed by atoms with Crippen molar-refractivity contribution in [3.05, 3.63) is 35.9 Å². The predicted molar refractivity (Wildman–Crippen MR) is 73.9 cm³/mol. The fraction of sp³-hybridized carbons (Fsp3) is 0.467. The molecule has 1 rings (SSSR count). The molecule has 0 radical (unpaired) electrons. The van der Waals surface area contributed by atoms with E-state index in [4.69, 9.17) is 0 Å². The van der Waals surface area contributed by atoms with Gasteiger partial charge in [0.1, 0.15) is 6.04 Å². The fourth-order valence-electron chi connectivity index (χ4n) is 2.15. The van der Waals surface area contributed by atoms with Crippen LogP contribution in [0.4, 0.5) is 0 Å². The summed E-state index contributed by atoms with van der Waals surface area (Å²) in [6.07, 6.45) is 0.899. The third-order valence-corrected chi connectivity index (χ3v) is 3.68. The van der Waals surface area contributed by atoms with Gasteiger partial charge in [-0.25, -0.2) is 4.79 Å². The highest BCUT2D eigenvalue weighted by Gasteiger charge is 2.40. The first-order valence-electron chi connectivity index (χ1n) is 6.53. The molecule has 0 aliphatic rings. The van der Waals surface area contributed by atoms with E-state index in [0.717, 1.165) is 5.56 Å². The second-order valence-corrected chi connectivity index (χ2v) is 4.83. The van der Waals surface area contributed by atoms with Gasteiger partial charge < -0.3 is 10.4 Å². The van der Waals surface area contributed by atoms with Crippen LogP contribution in [0.25, 0.3) is 0 Å². The first-order valence-corrected chi connectivity index (χ1v) is 6.53.